The number of sulfonamides is 2. The number of carbonyl (C=O) groups excluding carboxylic acids is 1. The van der Waals surface area contributed by atoms with Crippen LogP contribution in [0.2, 0.25) is 5.02 Å². The lowest BCUT2D eigenvalue weighted by atomic mass is 10.0. The molecule has 1 heterocycles. The molecule has 0 aromatic heterocycles. The second-order valence-corrected chi connectivity index (χ2v) is 16.3. The molecule has 3 aromatic rings. The normalized spacial score (nSPS) is 20.8. The standard InChI is InChI=1S/C34H44ClN3O8S2/c1-24-21-38(25(2)23-39)34(40)31-20-28(36-47(41,42)29-16-13-27(35)14-17-29)15-18-32(31)46-26(3)10-8-9-19-45-33(24)22-37(4)48(43,44)30-11-6-5-7-12-30/h5-7,11-18,20,24-26,33,36,39H,8-10,19,21-23H2,1-4H3/t24-,25-,26-,33-/m1/s1. The van der Waals surface area contributed by atoms with Crippen LogP contribution in [0.5, 0.6) is 5.75 Å². The Morgan fingerprint density at radius 2 is 1.69 bits per heavy atom. The topological polar surface area (TPSA) is 143 Å². The minimum Gasteiger partial charge on any atom is -0.490 e. The fourth-order valence-corrected chi connectivity index (χ4v) is 7.78. The number of likely N-dealkylation sites (N-methyl/N-ethyl adjacent to an activating group) is 1. The van der Waals surface area contributed by atoms with E-state index in [1.54, 1.807) is 31.2 Å². The number of ether oxygens (including phenoxy) is 2. The van der Waals surface area contributed by atoms with Gasteiger partial charge in [-0.2, -0.15) is 4.31 Å². The van der Waals surface area contributed by atoms with Gasteiger partial charge in [-0.3, -0.25) is 9.52 Å². The molecule has 262 valence electrons. The number of rotatable bonds is 9. The first-order chi connectivity index (χ1) is 22.7. The van der Waals surface area contributed by atoms with Crippen molar-refractivity contribution in [3.63, 3.8) is 0 Å². The highest BCUT2D eigenvalue weighted by Gasteiger charge is 2.32. The molecule has 1 aliphatic heterocycles. The van der Waals surface area contributed by atoms with Crippen LogP contribution in [0.4, 0.5) is 5.69 Å². The lowest BCUT2D eigenvalue weighted by Crippen LogP contribution is -2.48. The summed E-state index contributed by atoms with van der Waals surface area (Å²) in [5, 5.41) is 10.6. The van der Waals surface area contributed by atoms with Gasteiger partial charge in [-0.25, -0.2) is 16.8 Å². The van der Waals surface area contributed by atoms with E-state index < -0.39 is 38.1 Å². The average Bonchev–Trinajstić information content (AvgIpc) is 3.06. The van der Waals surface area contributed by atoms with Crippen LogP contribution in [0, 0.1) is 5.92 Å². The SMILES string of the molecule is C[C@@H]1CCCCO[C@H](CN(C)S(=O)(=O)c2ccccc2)[C@H](C)CN([C@H](C)CO)C(=O)c2cc(NS(=O)(=O)c3ccc(Cl)cc3)ccc2O1. The third-order valence-electron chi connectivity index (χ3n) is 8.32. The fourth-order valence-electron chi connectivity index (χ4n) is 5.40. The van der Waals surface area contributed by atoms with Crippen molar-refractivity contribution in [2.24, 2.45) is 5.92 Å². The van der Waals surface area contributed by atoms with Crippen LogP contribution in [0.25, 0.3) is 0 Å². The summed E-state index contributed by atoms with van der Waals surface area (Å²) < 4.78 is 69.4. The van der Waals surface area contributed by atoms with E-state index in [0.717, 1.165) is 6.42 Å². The van der Waals surface area contributed by atoms with Crippen molar-refractivity contribution in [3.05, 3.63) is 83.4 Å². The highest BCUT2D eigenvalue weighted by Crippen LogP contribution is 2.30. The number of aliphatic hydroxyl groups excluding tert-OH is 1. The molecule has 0 fully saturated rings. The minimum atomic E-state index is -4.01. The number of carbonyl (C=O) groups is 1. The van der Waals surface area contributed by atoms with Gasteiger partial charge >= 0.3 is 0 Å². The maximum Gasteiger partial charge on any atom is 0.261 e. The van der Waals surface area contributed by atoms with E-state index in [4.69, 9.17) is 21.1 Å². The Morgan fingerprint density at radius 1 is 1.00 bits per heavy atom. The maximum absolute atomic E-state index is 14.4. The molecular weight excluding hydrogens is 678 g/mol. The monoisotopic (exact) mass is 721 g/mol. The molecule has 4 atom stereocenters. The van der Waals surface area contributed by atoms with Gasteiger partial charge in [0.05, 0.1) is 40.2 Å². The molecule has 0 spiro atoms. The van der Waals surface area contributed by atoms with Crippen molar-refractivity contribution in [1.29, 1.82) is 0 Å². The molecule has 0 saturated carbocycles. The molecule has 14 heteroatoms. The fraction of sp³-hybridized carbons (Fsp3) is 0.441. The quantitative estimate of drug-likeness (QED) is 0.305. The molecule has 2 N–H and O–H groups in total. The van der Waals surface area contributed by atoms with Crippen LogP contribution < -0.4 is 9.46 Å². The van der Waals surface area contributed by atoms with Crippen LogP contribution in [-0.2, 0) is 24.8 Å². The second kappa shape index (κ2) is 16.5. The van der Waals surface area contributed by atoms with Crippen LogP contribution in [0.1, 0.15) is 50.4 Å². The summed E-state index contributed by atoms with van der Waals surface area (Å²) in [6, 6.07) is 17.7. The highest BCUT2D eigenvalue weighted by molar-refractivity contribution is 7.92. The number of aliphatic hydroxyl groups is 1. The van der Waals surface area contributed by atoms with E-state index >= 15 is 0 Å². The van der Waals surface area contributed by atoms with Gasteiger partial charge in [-0.05, 0) is 87.7 Å². The molecule has 0 saturated heterocycles. The van der Waals surface area contributed by atoms with Gasteiger partial charge in [0, 0.05) is 43.4 Å². The number of halogens is 1. The number of amides is 1. The Labute approximate surface area is 288 Å². The summed E-state index contributed by atoms with van der Waals surface area (Å²) in [4.78, 5) is 16.0. The van der Waals surface area contributed by atoms with Crippen molar-refractivity contribution in [3.8, 4) is 5.75 Å². The van der Waals surface area contributed by atoms with Crippen molar-refractivity contribution >= 4 is 43.2 Å². The van der Waals surface area contributed by atoms with Crippen molar-refractivity contribution < 1.29 is 36.2 Å². The first-order valence-electron chi connectivity index (χ1n) is 15.9. The van der Waals surface area contributed by atoms with Crippen LogP contribution >= 0.6 is 11.6 Å². The summed E-state index contributed by atoms with van der Waals surface area (Å²) >= 11 is 5.94. The average molecular weight is 722 g/mol. The van der Waals surface area contributed by atoms with Gasteiger partial charge in [-0.15, -0.1) is 0 Å². The molecule has 3 aromatic carbocycles. The Bertz CT molecular complexity index is 1740. The molecule has 1 amide bonds. The number of anilines is 1. The molecule has 48 heavy (non-hydrogen) atoms. The van der Waals surface area contributed by atoms with Crippen molar-refractivity contribution in [1.82, 2.24) is 9.21 Å². The van der Waals surface area contributed by atoms with Crippen LogP contribution in [-0.4, -0.2) is 88.7 Å². The summed E-state index contributed by atoms with van der Waals surface area (Å²) in [7, 11) is -6.31. The molecular formula is C34H44ClN3O8S2. The Morgan fingerprint density at radius 3 is 2.35 bits per heavy atom. The van der Waals surface area contributed by atoms with Crippen molar-refractivity contribution in [2.75, 3.05) is 38.1 Å². The number of nitrogens with one attached hydrogen (secondary N) is 1. The largest absolute Gasteiger partial charge is 0.490 e. The third-order valence-corrected chi connectivity index (χ3v) is 11.8. The van der Waals surface area contributed by atoms with E-state index in [0.29, 0.717) is 24.5 Å². The second-order valence-electron chi connectivity index (χ2n) is 12.2. The molecule has 4 rings (SSSR count). The van der Waals surface area contributed by atoms with Crippen LogP contribution in [0.15, 0.2) is 82.6 Å². The van der Waals surface area contributed by atoms with E-state index in [-0.39, 0.29) is 58.5 Å². The number of nitrogens with zero attached hydrogens (tertiary/aromatic N) is 2. The molecule has 1 aliphatic rings. The zero-order chi connectivity index (χ0) is 35.1. The van der Waals surface area contributed by atoms with Gasteiger partial charge in [-0.1, -0.05) is 36.7 Å². The molecule has 0 bridgehead atoms. The minimum absolute atomic E-state index is 0.00201. The van der Waals surface area contributed by atoms with E-state index in [2.05, 4.69) is 4.72 Å². The summed E-state index contributed by atoms with van der Waals surface area (Å²) in [6.07, 6.45) is 1.26. The Balaban J connectivity index is 1.68. The number of benzene rings is 3. The lowest BCUT2D eigenvalue weighted by Gasteiger charge is -2.35. The van der Waals surface area contributed by atoms with Crippen LogP contribution in [0.3, 0.4) is 0 Å². The maximum atomic E-state index is 14.4. The summed E-state index contributed by atoms with van der Waals surface area (Å²) in [6.45, 7) is 5.66. The first-order valence-corrected chi connectivity index (χ1v) is 19.2. The van der Waals surface area contributed by atoms with Gasteiger partial charge in [0.15, 0.2) is 0 Å². The zero-order valence-electron chi connectivity index (χ0n) is 27.6. The molecule has 0 unspecified atom stereocenters. The third kappa shape index (κ3) is 9.48. The predicted molar refractivity (Wildman–Crippen MR) is 185 cm³/mol. The number of fused-ring (bicyclic) bond motifs is 1. The lowest BCUT2D eigenvalue weighted by molar-refractivity contribution is -0.00833. The van der Waals surface area contributed by atoms with E-state index in [1.807, 2.05) is 13.8 Å². The van der Waals surface area contributed by atoms with Gasteiger partial charge < -0.3 is 19.5 Å². The summed E-state index contributed by atoms with van der Waals surface area (Å²) in [5.41, 5.74) is 0.261. The Hall–Kier alpha value is -3.20. The number of hydrogen-bond donors (Lipinski definition) is 2. The van der Waals surface area contributed by atoms with Gasteiger partial charge in [0.25, 0.3) is 15.9 Å². The number of hydrogen-bond acceptors (Lipinski definition) is 8. The summed E-state index contributed by atoms with van der Waals surface area (Å²) in [5.74, 6) is -0.573. The molecule has 0 aliphatic carbocycles. The smallest absolute Gasteiger partial charge is 0.261 e. The molecule has 0 radical (unpaired) electrons. The van der Waals surface area contributed by atoms with Gasteiger partial charge in [0.2, 0.25) is 10.0 Å². The van der Waals surface area contributed by atoms with E-state index in [1.165, 1.54) is 64.8 Å². The Kier molecular flexibility index (Phi) is 12.9. The van der Waals surface area contributed by atoms with Gasteiger partial charge in [0.1, 0.15) is 5.75 Å². The highest BCUT2D eigenvalue weighted by atomic mass is 35.5. The zero-order valence-corrected chi connectivity index (χ0v) is 30.0. The first kappa shape index (κ1) is 37.6. The van der Waals surface area contributed by atoms with E-state index in [9.17, 15) is 26.7 Å². The molecule has 11 nitrogen and oxygen atoms in total. The predicted octanol–water partition coefficient (Wildman–Crippen LogP) is 5.26. The van der Waals surface area contributed by atoms with Crippen molar-refractivity contribution in [2.45, 2.75) is 68.1 Å².